The first kappa shape index (κ1) is 14.4. The van der Waals surface area contributed by atoms with Gasteiger partial charge < -0.3 is 11.1 Å². The summed E-state index contributed by atoms with van der Waals surface area (Å²) in [6.07, 6.45) is 4.10. The fourth-order valence-corrected chi connectivity index (χ4v) is 3.03. The quantitative estimate of drug-likeness (QED) is 0.892. The van der Waals surface area contributed by atoms with Crippen LogP contribution >= 0.6 is 12.4 Å². The summed E-state index contributed by atoms with van der Waals surface area (Å²) in [4.78, 5) is 12.1. The topological polar surface area (TPSA) is 55.1 Å². The minimum Gasteiger partial charge on any atom is -0.352 e. The normalized spacial score (nSPS) is 32.5. The van der Waals surface area contributed by atoms with Crippen molar-refractivity contribution < 1.29 is 4.79 Å². The summed E-state index contributed by atoms with van der Waals surface area (Å²) in [7, 11) is 0. The Morgan fingerprint density at radius 1 is 1.21 bits per heavy atom. The molecular formula is C15H21ClN2O. The lowest BCUT2D eigenvalue weighted by Crippen LogP contribution is -2.39. The molecule has 3 N–H and O–H groups in total. The molecule has 0 aliphatic heterocycles. The van der Waals surface area contributed by atoms with E-state index in [4.69, 9.17) is 5.73 Å². The first-order valence-electron chi connectivity index (χ1n) is 6.86. The monoisotopic (exact) mass is 280 g/mol. The Morgan fingerprint density at radius 2 is 1.95 bits per heavy atom. The van der Waals surface area contributed by atoms with Gasteiger partial charge in [0.15, 0.2) is 0 Å². The second kappa shape index (κ2) is 5.93. The zero-order valence-electron chi connectivity index (χ0n) is 10.9. The van der Waals surface area contributed by atoms with E-state index in [2.05, 4.69) is 29.6 Å². The van der Waals surface area contributed by atoms with Crippen molar-refractivity contribution in [3.05, 3.63) is 35.9 Å². The molecule has 1 aromatic carbocycles. The van der Waals surface area contributed by atoms with Crippen LogP contribution < -0.4 is 11.1 Å². The minimum atomic E-state index is 0. The molecule has 4 atom stereocenters. The second-order valence-electron chi connectivity index (χ2n) is 5.57. The Morgan fingerprint density at radius 3 is 2.58 bits per heavy atom. The molecule has 0 aromatic heterocycles. The molecule has 4 heteroatoms. The number of rotatable bonds is 3. The van der Waals surface area contributed by atoms with Gasteiger partial charge in [0.2, 0.25) is 5.91 Å². The maximum Gasteiger partial charge on any atom is 0.224 e. The molecule has 1 amide bonds. The summed E-state index contributed by atoms with van der Waals surface area (Å²) in [6, 6.07) is 10.8. The summed E-state index contributed by atoms with van der Waals surface area (Å²) >= 11 is 0. The van der Waals surface area contributed by atoms with E-state index in [1.807, 2.05) is 6.07 Å². The molecule has 3 rings (SSSR count). The van der Waals surface area contributed by atoms with Crippen molar-refractivity contribution in [3.63, 3.8) is 0 Å². The van der Waals surface area contributed by atoms with Crippen LogP contribution in [0.1, 0.15) is 37.2 Å². The van der Waals surface area contributed by atoms with Gasteiger partial charge in [-0.2, -0.15) is 0 Å². The third kappa shape index (κ3) is 3.10. The van der Waals surface area contributed by atoms with E-state index in [1.54, 1.807) is 0 Å². The van der Waals surface area contributed by atoms with Crippen LogP contribution in [0.5, 0.6) is 0 Å². The SMILES string of the molecule is Cl.NC1CCCC1C(=O)NC1CC1c1ccccc1. The third-order valence-corrected chi connectivity index (χ3v) is 4.25. The highest BCUT2D eigenvalue weighted by atomic mass is 35.5. The van der Waals surface area contributed by atoms with Gasteiger partial charge in [0.25, 0.3) is 0 Å². The third-order valence-electron chi connectivity index (χ3n) is 4.25. The van der Waals surface area contributed by atoms with Gasteiger partial charge in [0.05, 0.1) is 5.92 Å². The smallest absolute Gasteiger partial charge is 0.224 e. The fraction of sp³-hybridized carbons (Fsp3) is 0.533. The van der Waals surface area contributed by atoms with E-state index < -0.39 is 0 Å². The van der Waals surface area contributed by atoms with Gasteiger partial charge in [-0.25, -0.2) is 0 Å². The number of carbonyl (C=O) groups excluding carboxylic acids is 1. The number of benzene rings is 1. The summed E-state index contributed by atoms with van der Waals surface area (Å²) in [5.74, 6) is 0.721. The van der Waals surface area contributed by atoms with Crippen molar-refractivity contribution in [2.45, 2.75) is 43.7 Å². The Bertz CT molecular complexity index is 437. The van der Waals surface area contributed by atoms with Crippen molar-refractivity contribution in [2.75, 3.05) is 0 Å². The number of carbonyl (C=O) groups is 1. The van der Waals surface area contributed by atoms with Crippen LogP contribution in [0.25, 0.3) is 0 Å². The van der Waals surface area contributed by atoms with Gasteiger partial charge in [-0.1, -0.05) is 36.8 Å². The number of hydrogen-bond donors (Lipinski definition) is 2. The predicted octanol–water partition coefficient (Wildman–Crippen LogP) is 2.21. The molecule has 0 saturated heterocycles. The van der Waals surface area contributed by atoms with Gasteiger partial charge in [0, 0.05) is 18.0 Å². The molecule has 2 aliphatic carbocycles. The molecule has 2 aliphatic rings. The number of nitrogens with two attached hydrogens (primary N) is 1. The van der Waals surface area contributed by atoms with E-state index >= 15 is 0 Å². The van der Waals surface area contributed by atoms with Crippen molar-refractivity contribution >= 4 is 18.3 Å². The van der Waals surface area contributed by atoms with E-state index in [0.717, 1.165) is 25.7 Å². The van der Waals surface area contributed by atoms with E-state index in [1.165, 1.54) is 5.56 Å². The average molecular weight is 281 g/mol. The molecule has 2 saturated carbocycles. The average Bonchev–Trinajstić information content (AvgIpc) is 3.01. The molecule has 0 heterocycles. The van der Waals surface area contributed by atoms with Crippen LogP contribution in [0.4, 0.5) is 0 Å². The van der Waals surface area contributed by atoms with Gasteiger partial charge in [-0.15, -0.1) is 12.4 Å². The molecule has 3 nitrogen and oxygen atoms in total. The lowest BCUT2D eigenvalue weighted by atomic mass is 10.0. The van der Waals surface area contributed by atoms with Crippen molar-refractivity contribution in [2.24, 2.45) is 11.7 Å². The number of hydrogen-bond acceptors (Lipinski definition) is 2. The summed E-state index contributed by atoms with van der Waals surface area (Å²) in [5.41, 5.74) is 7.29. The van der Waals surface area contributed by atoms with E-state index in [9.17, 15) is 4.79 Å². The maximum absolute atomic E-state index is 12.1. The molecular weight excluding hydrogens is 260 g/mol. The zero-order chi connectivity index (χ0) is 12.5. The van der Waals surface area contributed by atoms with Crippen LogP contribution in [-0.2, 0) is 4.79 Å². The summed E-state index contributed by atoms with van der Waals surface area (Å²) in [5, 5.41) is 3.16. The first-order chi connectivity index (χ1) is 8.75. The van der Waals surface area contributed by atoms with Gasteiger partial charge >= 0.3 is 0 Å². The number of amides is 1. The lowest BCUT2D eigenvalue weighted by molar-refractivity contribution is -0.125. The molecule has 0 spiro atoms. The minimum absolute atomic E-state index is 0. The van der Waals surface area contributed by atoms with Crippen molar-refractivity contribution in [3.8, 4) is 0 Å². The standard InChI is InChI=1S/C15H20N2O.ClH/c16-13-8-4-7-11(13)15(18)17-14-9-12(14)10-5-2-1-3-6-10;/h1-3,5-6,11-14H,4,7-9,16H2,(H,17,18);1H. The highest BCUT2D eigenvalue weighted by Gasteiger charge is 2.41. The van der Waals surface area contributed by atoms with Crippen LogP contribution in [0.15, 0.2) is 30.3 Å². The highest BCUT2D eigenvalue weighted by molar-refractivity contribution is 5.85. The lowest BCUT2D eigenvalue weighted by Gasteiger charge is -2.15. The Balaban J connectivity index is 0.00000133. The molecule has 2 fully saturated rings. The van der Waals surface area contributed by atoms with Gasteiger partial charge in [0.1, 0.15) is 0 Å². The molecule has 19 heavy (non-hydrogen) atoms. The maximum atomic E-state index is 12.1. The van der Waals surface area contributed by atoms with Gasteiger partial charge in [-0.05, 0) is 24.8 Å². The molecule has 1 aromatic rings. The summed E-state index contributed by atoms with van der Waals surface area (Å²) < 4.78 is 0. The fourth-order valence-electron chi connectivity index (χ4n) is 3.03. The highest BCUT2D eigenvalue weighted by Crippen LogP contribution is 2.41. The van der Waals surface area contributed by atoms with Crippen LogP contribution in [0.3, 0.4) is 0 Å². The Kier molecular flexibility index (Phi) is 4.48. The zero-order valence-corrected chi connectivity index (χ0v) is 11.7. The van der Waals surface area contributed by atoms with Gasteiger partial charge in [-0.3, -0.25) is 4.79 Å². The van der Waals surface area contributed by atoms with Crippen LogP contribution in [-0.4, -0.2) is 18.0 Å². The van der Waals surface area contributed by atoms with E-state index in [0.29, 0.717) is 12.0 Å². The molecule has 4 unspecified atom stereocenters. The Hall–Kier alpha value is -1.06. The van der Waals surface area contributed by atoms with Crippen molar-refractivity contribution in [1.82, 2.24) is 5.32 Å². The summed E-state index contributed by atoms with van der Waals surface area (Å²) in [6.45, 7) is 0. The largest absolute Gasteiger partial charge is 0.352 e. The molecule has 0 bridgehead atoms. The number of halogens is 1. The van der Waals surface area contributed by atoms with Crippen molar-refractivity contribution in [1.29, 1.82) is 0 Å². The molecule has 0 radical (unpaired) electrons. The second-order valence-corrected chi connectivity index (χ2v) is 5.57. The molecule has 104 valence electrons. The van der Waals surface area contributed by atoms with Crippen LogP contribution in [0.2, 0.25) is 0 Å². The number of nitrogens with one attached hydrogen (secondary N) is 1. The Labute approximate surface area is 120 Å². The van der Waals surface area contributed by atoms with Crippen LogP contribution in [0, 0.1) is 5.92 Å². The first-order valence-corrected chi connectivity index (χ1v) is 6.86. The van der Waals surface area contributed by atoms with E-state index in [-0.39, 0.29) is 30.3 Å². The predicted molar refractivity (Wildman–Crippen MR) is 78.3 cm³/mol.